The van der Waals surface area contributed by atoms with Crippen LogP contribution < -0.4 is 0 Å². The molecule has 0 spiro atoms. The lowest BCUT2D eigenvalue weighted by Gasteiger charge is -2.12. The lowest BCUT2D eigenvalue weighted by molar-refractivity contribution is 0.670. The number of nitrogens with zero attached hydrogens (tertiary/aromatic N) is 7. The summed E-state index contributed by atoms with van der Waals surface area (Å²) in [4.78, 5) is 20.9. The molecule has 5 heterocycles. The fraction of sp³-hybridized carbons (Fsp3) is 0. The molecule has 0 radical (unpaired) electrons. The van der Waals surface area contributed by atoms with Gasteiger partial charge in [0.2, 0.25) is 11.7 Å². The van der Waals surface area contributed by atoms with Crippen LogP contribution in [0.4, 0.5) is 0 Å². The standard InChI is InChI=1S/C48H29N7O/c1-3-14-31(15-4-1)44-50-45(32-28-26-30(27-29-32)34-20-13-21-36-35-18-8-12-25-41(35)56-43(34)36)52-47(51-44)55-46-42(54-40-24-11-9-22-38(40)49-48(54)55)37-19-7-10-23-39(37)53(46)33-16-5-2-6-17-33/h1-29H. The zero-order valence-corrected chi connectivity index (χ0v) is 29.8. The normalized spacial score (nSPS) is 11.9. The quantitative estimate of drug-likeness (QED) is 0.177. The Kier molecular flexibility index (Phi) is 6.47. The molecular formula is C48H29N7O. The summed E-state index contributed by atoms with van der Waals surface area (Å²) in [6, 6.07) is 60.2. The molecular weight excluding hydrogens is 691 g/mol. The van der Waals surface area contributed by atoms with Gasteiger partial charge in [-0.25, -0.2) is 14.5 Å². The molecule has 0 atom stereocenters. The van der Waals surface area contributed by atoms with E-state index < -0.39 is 0 Å². The molecule has 0 aliphatic carbocycles. The van der Waals surface area contributed by atoms with E-state index in [4.69, 9.17) is 24.4 Å². The van der Waals surface area contributed by atoms with Gasteiger partial charge in [0.05, 0.1) is 16.6 Å². The van der Waals surface area contributed by atoms with Crippen LogP contribution in [-0.4, -0.2) is 33.5 Å². The maximum atomic E-state index is 6.38. The Labute approximate surface area is 319 Å². The van der Waals surface area contributed by atoms with Gasteiger partial charge in [0.15, 0.2) is 17.3 Å². The molecule has 0 saturated carbocycles. The Morgan fingerprint density at radius 2 is 1.05 bits per heavy atom. The van der Waals surface area contributed by atoms with E-state index in [9.17, 15) is 0 Å². The van der Waals surface area contributed by atoms with E-state index in [0.717, 1.165) is 88.8 Å². The molecule has 0 unspecified atom stereocenters. The number of fused-ring (bicyclic) bond motifs is 10. The van der Waals surface area contributed by atoms with Gasteiger partial charge >= 0.3 is 0 Å². The number of hydrogen-bond acceptors (Lipinski definition) is 5. The van der Waals surface area contributed by atoms with Crippen molar-refractivity contribution < 1.29 is 4.42 Å². The van der Waals surface area contributed by atoms with Gasteiger partial charge in [-0.1, -0.05) is 140 Å². The average Bonchev–Trinajstić information content (AvgIpc) is 4.01. The van der Waals surface area contributed by atoms with Crippen LogP contribution in [0.1, 0.15) is 0 Å². The van der Waals surface area contributed by atoms with E-state index in [2.05, 4.69) is 129 Å². The van der Waals surface area contributed by atoms with Crippen LogP contribution in [0.2, 0.25) is 0 Å². The summed E-state index contributed by atoms with van der Waals surface area (Å²) in [6.45, 7) is 0. The molecule has 7 aromatic carbocycles. The van der Waals surface area contributed by atoms with Gasteiger partial charge in [-0.05, 0) is 42.0 Å². The number of rotatable bonds is 5. The second-order valence-electron chi connectivity index (χ2n) is 13.9. The minimum absolute atomic E-state index is 0.472. The first kappa shape index (κ1) is 30.6. The fourth-order valence-corrected chi connectivity index (χ4v) is 8.22. The van der Waals surface area contributed by atoms with Crippen molar-refractivity contribution in [2.45, 2.75) is 0 Å². The summed E-state index contributed by atoms with van der Waals surface area (Å²) in [5.41, 5.74) is 11.5. The number of para-hydroxylation sites is 6. The topological polar surface area (TPSA) is 79.0 Å². The van der Waals surface area contributed by atoms with E-state index in [0.29, 0.717) is 17.6 Å². The molecule has 0 aliphatic heterocycles. The predicted octanol–water partition coefficient (Wildman–Crippen LogP) is 11.5. The van der Waals surface area contributed by atoms with Crippen LogP contribution in [0.3, 0.4) is 0 Å². The number of benzene rings is 7. The summed E-state index contributed by atoms with van der Waals surface area (Å²) < 4.78 is 13.0. The minimum Gasteiger partial charge on any atom is -0.455 e. The van der Waals surface area contributed by atoms with Crippen molar-refractivity contribution in [3.63, 3.8) is 0 Å². The highest BCUT2D eigenvalue weighted by molar-refractivity contribution is 6.11. The Morgan fingerprint density at radius 1 is 0.429 bits per heavy atom. The van der Waals surface area contributed by atoms with Gasteiger partial charge in [0, 0.05) is 38.5 Å². The molecule has 0 saturated heterocycles. The highest BCUT2D eigenvalue weighted by Gasteiger charge is 2.27. The molecule has 56 heavy (non-hydrogen) atoms. The molecule has 8 nitrogen and oxygen atoms in total. The van der Waals surface area contributed by atoms with Crippen LogP contribution in [0, 0.1) is 0 Å². The van der Waals surface area contributed by atoms with Crippen LogP contribution in [0.5, 0.6) is 0 Å². The van der Waals surface area contributed by atoms with Crippen molar-refractivity contribution >= 4 is 60.8 Å². The first-order chi connectivity index (χ1) is 27.8. The Bertz CT molecular complexity index is 3470. The van der Waals surface area contributed by atoms with Crippen LogP contribution in [-0.2, 0) is 0 Å². The molecule has 0 fully saturated rings. The number of furan rings is 1. The Hall–Kier alpha value is -7.84. The van der Waals surface area contributed by atoms with Crippen molar-refractivity contribution in [3.05, 3.63) is 176 Å². The molecule has 8 heteroatoms. The van der Waals surface area contributed by atoms with Crippen molar-refractivity contribution in [2.24, 2.45) is 0 Å². The molecule has 12 rings (SSSR count). The van der Waals surface area contributed by atoms with E-state index in [-0.39, 0.29) is 0 Å². The Morgan fingerprint density at radius 3 is 1.86 bits per heavy atom. The molecule has 0 amide bonds. The maximum Gasteiger partial charge on any atom is 0.242 e. The number of hydrogen-bond donors (Lipinski definition) is 0. The molecule has 0 aliphatic rings. The van der Waals surface area contributed by atoms with Gasteiger partial charge in [0.1, 0.15) is 16.7 Å². The average molecular weight is 720 g/mol. The fourth-order valence-electron chi connectivity index (χ4n) is 8.22. The summed E-state index contributed by atoms with van der Waals surface area (Å²) >= 11 is 0. The first-order valence-electron chi connectivity index (χ1n) is 18.6. The Balaban J connectivity index is 1.12. The molecule has 12 aromatic rings. The lowest BCUT2D eigenvalue weighted by Crippen LogP contribution is -2.09. The summed E-state index contributed by atoms with van der Waals surface area (Å²) in [6.07, 6.45) is 0. The lowest BCUT2D eigenvalue weighted by atomic mass is 10.0. The van der Waals surface area contributed by atoms with Gasteiger partial charge in [-0.3, -0.25) is 8.97 Å². The minimum atomic E-state index is 0.472. The second-order valence-corrected chi connectivity index (χ2v) is 13.9. The van der Waals surface area contributed by atoms with Crippen LogP contribution in [0.25, 0.3) is 106 Å². The zero-order valence-electron chi connectivity index (χ0n) is 29.8. The van der Waals surface area contributed by atoms with E-state index in [1.54, 1.807) is 0 Å². The smallest absolute Gasteiger partial charge is 0.242 e. The predicted molar refractivity (Wildman–Crippen MR) is 223 cm³/mol. The van der Waals surface area contributed by atoms with Crippen molar-refractivity contribution in [1.29, 1.82) is 0 Å². The van der Waals surface area contributed by atoms with Crippen molar-refractivity contribution in [2.75, 3.05) is 0 Å². The second kappa shape index (κ2) is 11.8. The first-order valence-corrected chi connectivity index (χ1v) is 18.6. The maximum absolute atomic E-state index is 6.38. The van der Waals surface area contributed by atoms with E-state index in [1.807, 2.05) is 60.7 Å². The summed E-state index contributed by atoms with van der Waals surface area (Å²) in [5, 5.41) is 3.31. The van der Waals surface area contributed by atoms with Crippen LogP contribution in [0.15, 0.2) is 180 Å². The summed E-state index contributed by atoms with van der Waals surface area (Å²) in [5.74, 6) is 2.32. The van der Waals surface area contributed by atoms with Gasteiger partial charge < -0.3 is 4.42 Å². The molecule has 0 N–H and O–H groups in total. The van der Waals surface area contributed by atoms with E-state index in [1.165, 1.54) is 0 Å². The van der Waals surface area contributed by atoms with Gasteiger partial charge in [0.25, 0.3) is 0 Å². The monoisotopic (exact) mass is 719 g/mol. The number of imidazole rings is 2. The van der Waals surface area contributed by atoms with Crippen LogP contribution >= 0.6 is 0 Å². The van der Waals surface area contributed by atoms with E-state index >= 15 is 0 Å². The number of aromatic nitrogens is 7. The SMILES string of the molecule is c1ccc(-c2nc(-c3ccc(-c4cccc5c4oc4ccccc45)cc3)nc(-n3c4c(c5ccccc5n4-c4ccccc4)n4c5ccccc5nc34)n2)cc1. The molecule has 262 valence electrons. The third-order valence-electron chi connectivity index (χ3n) is 10.7. The highest BCUT2D eigenvalue weighted by atomic mass is 16.3. The van der Waals surface area contributed by atoms with Crippen molar-refractivity contribution in [3.8, 4) is 45.5 Å². The molecule has 0 bridgehead atoms. The third kappa shape index (κ3) is 4.47. The highest BCUT2D eigenvalue weighted by Crippen LogP contribution is 2.39. The third-order valence-corrected chi connectivity index (χ3v) is 10.7. The largest absolute Gasteiger partial charge is 0.455 e. The summed E-state index contributed by atoms with van der Waals surface area (Å²) in [7, 11) is 0. The van der Waals surface area contributed by atoms with Crippen molar-refractivity contribution in [1.82, 2.24) is 33.5 Å². The van der Waals surface area contributed by atoms with Gasteiger partial charge in [-0.15, -0.1) is 0 Å². The van der Waals surface area contributed by atoms with Gasteiger partial charge in [-0.2, -0.15) is 9.97 Å². The molecule has 5 aromatic heterocycles. The zero-order chi connectivity index (χ0) is 36.7.